The summed E-state index contributed by atoms with van der Waals surface area (Å²) >= 11 is 0. The zero-order valence-electron chi connectivity index (χ0n) is 15.7. The van der Waals surface area contributed by atoms with Crippen LogP contribution < -0.4 is 19.6 Å². The van der Waals surface area contributed by atoms with Gasteiger partial charge in [-0.2, -0.15) is 10.2 Å². The first-order chi connectivity index (χ1) is 12.5. The Hall–Kier alpha value is -3.03. The van der Waals surface area contributed by atoms with Crippen LogP contribution >= 0.6 is 0 Å². The fourth-order valence-electron chi connectivity index (χ4n) is 2.59. The van der Waals surface area contributed by atoms with Crippen molar-refractivity contribution in [1.29, 1.82) is 0 Å². The number of hydrazone groups is 1. The van der Waals surface area contributed by atoms with E-state index in [0.717, 1.165) is 17.0 Å². The number of methoxy groups -OCH3 is 3. The minimum Gasteiger partial charge on any atom is -0.493 e. The van der Waals surface area contributed by atoms with Crippen molar-refractivity contribution >= 4 is 12.1 Å². The van der Waals surface area contributed by atoms with Crippen LogP contribution in [-0.2, 0) is 11.2 Å². The third-order valence-electron chi connectivity index (χ3n) is 3.97. The number of rotatable bonds is 8. The first-order valence-electron chi connectivity index (χ1n) is 8.12. The van der Waals surface area contributed by atoms with Crippen molar-refractivity contribution < 1.29 is 19.0 Å². The SMILES string of the molecule is COc1cc(/C=N/NC(=O)CCc2c(C)n[nH]c2C)cc(OC)c1OC. The maximum atomic E-state index is 12.0. The molecule has 1 heterocycles. The van der Waals surface area contributed by atoms with E-state index in [1.54, 1.807) is 26.4 Å². The molecule has 8 heteroatoms. The van der Waals surface area contributed by atoms with Gasteiger partial charge in [0.1, 0.15) is 0 Å². The molecule has 0 radical (unpaired) electrons. The molecule has 140 valence electrons. The van der Waals surface area contributed by atoms with E-state index in [1.165, 1.54) is 13.3 Å². The van der Waals surface area contributed by atoms with Crippen LogP contribution in [-0.4, -0.2) is 43.6 Å². The maximum Gasteiger partial charge on any atom is 0.240 e. The zero-order valence-corrected chi connectivity index (χ0v) is 15.7. The predicted octanol–water partition coefficient (Wildman–Crippen LogP) is 2.14. The lowest BCUT2D eigenvalue weighted by Gasteiger charge is -2.12. The summed E-state index contributed by atoms with van der Waals surface area (Å²) in [5.41, 5.74) is 6.19. The van der Waals surface area contributed by atoms with E-state index < -0.39 is 0 Å². The Balaban J connectivity index is 1.98. The summed E-state index contributed by atoms with van der Waals surface area (Å²) in [6, 6.07) is 3.49. The standard InChI is InChI=1S/C18H24N4O4/c1-11-14(12(2)21-20-11)6-7-17(23)22-19-10-13-8-15(24-3)18(26-5)16(9-13)25-4/h8-10H,6-7H2,1-5H3,(H,20,21)(H,22,23)/b19-10+. The van der Waals surface area contributed by atoms with Crippen molar-refractivity contribution in [1.82, 2.24) is 15.6 Å². The van der Waals surface area contributed by atoms with Crippen molar-refractivity contribution in [2.45, 2.75) is 26.7 Å². The van der Waals surface area contributed by atoms with Gasteiger partial charge >= 0.3 is 0 Å². The first-order valence-corrected chi connectivity index (χ1v) is 8.12. The van der Waals surface area contributed by atoms with Crippen molar-refractivity contribution in [3.05, 3.63) is 34.6 Å². The summed E-state index contributed by atoms with van der Waals surface area (Å²) in [4.78, 5) is 12.0. The van der Waals surface area contributed by atoms with Gasteiger partial charge in [0.25, 0.3) is 0 Å². The highest BCUT2D eigenvalue weighted by Crippen LogP contribution is 2.37. The molecule has 0 aliphatic carbocycles. The third kappa shape index (κ3) is 4.53. The van der Waals surface area contributed by atoms with Crippen LogP contribution in [0.3, 0.4) is 0 Å². The monoisotopic (exact) mass is 360 g/mol. The third-order valence-corrected chi connectivity index (χ3v) is 3.97. The Labute approximate surface area is 152 Å². The molecule has 0 fully saturated rings. The van der Waals surface area contributed by atoms with E-state index in [1.807, 2.05) is 13.8 Å². The topological polar surface area (TPSA) is 97.8 Å². The van der Waals surface area contributed by atoms with Gasteiger partial charge in [-0.15, -0.1) is 0 Å². The number of aromatic nitrogens is 2. The summed E-state index contributed by atoms with van der Waals surface area (Å²) < 4.78 is 15.8. The molecule has 0 saturated heterocycles. The van der Waals surface area contributed by atoms with Crippen LogP contribution in [0.2, 0.25) is 0 Å². The van der Waals surface area contributed by atoms with Crippen LogP contribution in [0, 0.1) is 13.8 Å². The Kier molecular flexibility index (Phi) is 6.60. The highest BCUT2D eigenvalue weighted by Gasteiger charge is 2.12. The van der Waals surface area contributed by atoms with E-state index >= 15 is 0 Å². The first kappa shape index (κ1) is 19.3. The van der Waals surface area contributed by atoms with E-state index in [9.17, 15) is 4.79 Å². The second kappa shape index (κ2) is 8.89. The Morgan fingerprint density at radius 2 is 1.85 bits per heavy atom. The number of benzene rings is 1. The number of hydrogen-bond acceptors (Lipinski definition) is 6. The molecule has 0 aliphatic heterocycles. The van der Waals surface area contributed by atoms with Gasteiger partial charge in [-0.3, -0.25) is 9.89 Å². The zero-order chi connectivity index (χ0) is 19.1. The van der Waals surface area contributed by atoms with Crippen LogP contribution in [0.15, 0.2) is 17.2 Å². The molecule has 1 aromatic heterocycles. The van der Waals surface area contributed by atoms with Gasteiger partial charge in [0, 0.05) is 17.7 Å². The molecule has 0 atom stereocenters. The molecular weight excluding hydrogens is 336 g/mol. The van der Waals surface area contributed by atoms with E-state index in [-0.39, 0.29) is 5.91 Å². The molecule has 0 spiro atoms. The van der Waals surface area contributed by atoms with Gasteiger partial charge in [-0.25, -0.2) is 5.43 Å². The van der Waals surface area contributed by atoms with Gasteiger partial charge in [0.2, 0.25) is 11.7 Å². The summed E-state index contributed by atoms with van der Waals surface area (Å²) in [5, 5.41) is 11.0. The van der Waals surface area contributed by atoms with Crippen LogP contribution in [0.5, 0.6) is 17.2 Å². The van der Waals surface area contributed by atoms with Crippen molar-refractivity contribution in [2.24, 2.45) is 5.10 Å². The van der Waals surface area contributed by atoms with Crippen molar-refractivity contribution in [3.8, 4) is 17.2 Å². The molecule has 0 aliphatic rings. The highest BCUT2D eigenvalue weighted by atomic mass is 16.5. The average molecular weight is 360 g/mol. The number of carbonyl (C=O) groups is 1. The lowest BCUT2D eigenvalue weighted by Crippen LogP contribution is -2.18. The molecule has 1 aromatic carbocycles. The summed E-state index contributed by atoms with van der Waals surface area (Å²) in [6.07, 6.45) is 2.46. The Morgan fingerprint density at radius 1 is 1.19 bits per heavy atom. The molecule has 0 unspecified atom stereocenters. The highest BCUT2D eigenvalue weighted by molar-refractivity contribution is 5.84. The number of nitrogens with one attached hydrogen (secondary N) is 2. The average Bonchev–Trinajstić information content (AvgIpc) is 2.96. The van der Waals surface area contributed by atoms with Gasteiger partial charge in [0.05, 0.1) is 33.2 Å². The quantitative estimate of drug-likeness (QED) is 0.555. The summed E-state index contributed by atoms with van der Waals surface area (Å²) in [6.45, 7) is 3.86. The molecule has 0 bridgehead atoms. The minimum atomic E-state index is -0.173. The van der Waals surface area contributed by atoms with Gasteiger partial charge in [-0.1, -0.05) is 0 Å². The van der Waals surface area contributed by atoms with Crippen LogP contribution in [0.4, 0.5) is 0 Å². The number of nitrogens with zero attached hydrogens (tertiary/aromatic N) is 2. The number of carbonyl (C=O) groups excluding carboxylic acids is 1. The lowest BCUT2D eigenvalue weighted by molar-refractivity contribution is -0.121. The fourth-order valence-corrected chi connectivity index (χ4v) is 2.59. The Morgan fingerprint density at radius 3 is 2.35 bits per heavy atom. The van der Waals surface area contributed by atoms with Crippen molar-refractivity contribution in [2.75, 3.05) is 21.3 Å². The summed E-state index contributed by atoms with van der Waals surface area (Å²) in [5.74, 6) is 1.37. The molecule has 0 saturated carbocycles. The lowest BCUT2D eigenvalue weighted by atomic mass is 10.1. The Bertz CT molecular complexity index is 754. The molecule has 2 aromatic rings. The summed E-state index contributed by atoms with van der Waals surface area (Å²) in [7, 11) is 4.62. The fraction of sp³-hybridized carbons (Fsp3) is 0.389. The van der Waals surface area contributed by atoms with E-state index in [0.29, 0.717) is 35.7 Å². The number of aromatic amines is 1. The number of amides is 1. The molecule has 2 N–H and O–H groups in total. The molecule has 8 nitrogen and oxygen atoms in total. The largest absolute Gasteiger partial charge is 0.493 e. The van der Waals surface area contributed by atoms with Gasteiger partial charge in [-0.05, 0) is 38.0 Å². The minimum absolute atomic E-state index is 0.173. The normalized spacial score (nSPS) is 10.8. The van der Waals surface area contributed by atoms with Gasteiger partial charge in [0.15, 0.2) is 11.5 Å². The number of ether oxygens (including phenoxy) is 3. The molecular formula is C18H24N4O4. The number of aryl methyl sites for hydroxylation is 2. The smallest absolute Gasteiger partial charge is 0.240 e. The van der Waals surface area contributed by atoms with E-state index in [4.69, 9.17) is 14.2 Å². The van der Waals surface area contributed by atoms with Crippen LogP contribution in [0.25, 0.3) is 0 Å². The number of hydrogen-bond donors (Lipinski definition) is 2. The van der Waals surface area contributed by atoms with Gasteiger partial charge < -0.3 is 14.2 Å². The van der Waals surface area contributed by atoms with Crippen molar-refractivity contribution in [3.63, 3.8) is 0 Å². The molecule has 1 amide bonds. The second-order valence-electron chi connectivity index (χ2n) is 5.66. The maximum absolute atomic E-state index is 12.0. The van der Waals surface area contributed by atoms with E-state index in [2.05, 4.69) is 20.7 Å². The molecule has 2 rings (SSSR count). The van der Waals surface area contributed by atoms with Crippen LogP contribution in [0.1, 0.15) is 28.9 Å². The predicted molar refractivity (Wildman–Crippen MR) is 98.2 cm³/mol. The molecule has 26 heavy (non-hydrogen) atoms. The second-order valence-corrected chi connectivity index (χ2v) is 5.66. The number of H-pyrrole nitrogens is 1.